The van der Waals surface area contributed by atoms with Crippen molar-refractivity contribution >= 4 is 11.6 Å². The number of nitrogens with zero attached hydrogens (tertiary/aromatic N) is 3. The number of alkyl halides is 3. The zero-order valence-electron chi connectivity index (χ0n) is 26.8. The van der Waals surface area contributed by atoms with E-state index in [2.05, 4.69) is 29.2 Å². The molecule has 1 amide bonds. The van der Waals surface area contributed by atoms with Crippen LogP contribution < -0.4 is 14.4 Å². The fraction of sp³-hybridized carbons (Fsp3) is 0.342. The summed E-state index contributed by atoms with van der Waals surface area (Å²) in [4.78, 5) is 19.5. The maximum Gasteiger partial charge on any atom is 0.416 e. The fourth-order valence-corrected chi connectivity index (χ4v) is 6.98. The van der Waals surface area contributed by atoms with Crippen molar-refractivity contribution < 1.29 is 27.4 Å². The van der Waals surface area contributed by atoms with Crippen molar-refractivity contribution in [3.63, 3.8) is 0 Å². The van der Waals surface area contributed by atoms with Gasteiger partial charge in [-0.15, -0.1) is 0 Å². The van der Waals surface area contributed by atoms with Crippen molar-refractivity contribution in [1.29, 1.82) is 0 Å². The Labute approximate surface area is 274 Å². The summed E-state index contributed by atoms with van der Waals surface area (Å²) in [6, 6.07) is 30.0. The van der Waals surface area contributed by atoms with Gasteiger partial charge in [0.05, 0.1) is 19.8 Å². The van der Waals surface area contributed by atoms with Crippen molar-refractivity contribution in [2.24, 2.45) is 0 Å². The first-order valence-corrected chi connectivity index (χ1v) is 16.0. The summed E-state index contributed by atoms with van der Waals surface area (Å²) in [5.41, 5.74) is 3.93. The Balaban J connectivity index is 1.11. The third-order valence-electron chi connectivity index (χ3n) is 9.57. The first kappa shape index (κ1) is 32.4. The van der Waals surface area contributed by atoms with Crippen molar-refractivity contribution in [1.82, 2.24) is 9.80 Å². The molecule has 47 heavy (non-hydrogen) atoms. The van der Waals surface area contributed by atoms with Crippen LogP contribution in [0.2, 0.25) is 0 Å². The molecular formula is C38H40F3N3O3. The second-order valence-electron chi connectivity index (χ2n) is 12.4. The number of carbonyl (C=O) groups excluding carboxylic acids is 1. The summed E-state index contributed by atoms with van der Waals surface area (Å²) >= 11 is 0. The minimum atomic E-state index is -4.38. The number of rotatable bonds is 8. The molecule has 246 valence electrons. The number of ether oxygens (including phenoxy) is 2. The molecule has 2 fully saturated rings. The molecule has 2 heterocycles. The molecule has 0 aromatic heterocycles. The van der Waals surface area contributed by atoms with Crippen LogP contribution >= 0.6 is 0 Å². The number of carbonyl (C=O) groups is 1. The van der Waals surface area contributed by atoms with Gasteiger partial charge >= 0.3 is 6.18 Å². The van der Waals surface area contributed by atoms with Crippen molar-refractivity contribution in [3.8, 4) is 11.5 Å². The highest BCUT2D eigenvalue weighted by Crippen LogP contribution is 2.42. The lowest BCUT2D eigenvalue weighted by Gasteiger charge is -2.44. The number of amides is 1. The molecule has 0 bridgehead atoms. The first-order chi connectivity index (χ1) is 22.7. The first-order valence-electron chi connectivity index (χ1n) is 16.0. The number of likely N-dealkylation sites (tertiary alicyclic amines) is 1. The molecule has 0 aliphatic carbocycles. The molecular weight excluding hydrogens is 603 g/mol. The number of methoxy groups -OCH3 is 2. The number of piperazine rings is 1. The molecule has 0 atom stereocenters. The van der Waals surface area contributed by atoms with Gasteiger partial charge in [0.15, 0.2) is 0 Å². The number of hydrogen-bond donors (Lipinski definition) is 0. The highest BCUT2D eigenvalue weighted by molar-refractivity contribution is 5.94. The molecule has 9 heteroatoms. The van der Waals surface area contributed by atoms with Gasteiger partial charge in [-0.2, -0.15) is 13.2 Å². The predicted molar refractivity (Wildman–Crippen MR) is 177 cm³/mol. The Morgan fingerprint density at radius 2 is 1.36 bits per heavy atom. The molecule has 0 N–H and O–H groups in total. The Morgan fingerprint density at radius 1 is 0.766 bits per heavy atom. The lowest BCUT2D eigenvalue weighted by atomic mass is 9.69. The van der Waals surface area contributed by atoms with Crippen LogP contribution in [0.5, 0.6) is 11.5 Å². The lowest BCUT2D eigenvalue weighted by molar-refractivity contribution is -0.137. The third-order valence-corrected chi connectivity index (χ3v) is 9.57. The fourth-order valence-electron chi connectivity index (χ4n) is 6.98. The summed E-state index contributed by atoms with van der Waals surface area (Å²) in [5.74, 6) is 1.60. The highest BCUT2D eigenvalue weighted by Gasteiger charge is 2.39. The van der Waals surface area contributed by atoms with E-state index in [0.29, 0.717) is 37.4 Å². The molecule has 0 spiro atoms. The minimum absolute atomic E-state index is 0.0590. The smallest absolute Gasteiger partial charge is 0.416 e. The molecule has 2 aliphatic rings. The van der Waals surface area contributed by atoms with Crippen LogP contribution in [0.25, 0.3) is 0 Å². The van der Waals surface area contributed by atoms with Crippen molar-refractivity contribution in [2.75, 3.05) is 58.4 Å². The largest absolute Gasteiger partial charge is 0.497 e. The Bertz CT molecular complexity index is 1600. The third kappa shape index (κ3) is 7.10. The number of benzene rings is 4. The monoisotopic (exact) mass is 643 g/mol. The van der Waals surface area contributed by atoms with Crippen LogP contribution in [0.3, 0.4) is 0 Å². The van der Waals surface area contributed by atoms with E-state index in [1.807, 2.05) is 53.4 Å². The average molecular weight is 644 g/mol. The standard InChI is InChI=1S/C38H40F3N3O3/c1-46-34-15-11-30(12-16-34)37(31-13-17-35(47-2)18-14-31)19-4-20-42(27-37)26-28-7-9-29(10-8-28)36(45)44-23-21-43(22-24-44)33-6-3-5-32(25-33)38(39,40)41/h3,5-18,25H,4,19-24,26-27H2,1-2H3. The van der Waals surface area contributed by atoms with Gasteiger partial charge in [0.1, 0.15) is 11.5 Å². The van der Waals surface area contributed by atoms with Gasteiger partial charge in [0.2, 0.25) is 0 Å². The number of hydrogen-bond acceptors (Lipinski definition) is 5. The van der Waals surface area contributed by atoms with E-state index in [-0.39, 0.29) is 11.3 Å². The van der Waals surface area contributed by atoms with Crippen LogP contribution in [0, 0.1) is 0 Å². The predicted octanol–water partition coefficient (Wildman–Crippen LogP) is 7.27. The summed E-state index contributed by atoms with van der Waals surface area (Å²) in [5, 5.41) is 0. The molecule has 0 saturated carbocycles. The van der Waals surface area contributed by atoms with Crippen LogP contribution in [-0.4, -0.2) is 69.2 Å². The van der Waals surface area contributed by atoms with Crippen molar-refractivity contribution in [2.45, 2.75) is 31.0 Å². The highest BCUT2D eigenvalue weighted by atomic mass is 19.4. The van der Waals surface area contributed by atoms with Gasteiger partial charge in [-0.1, -0.05) is 42.5 Å². The van der Waals surface area contributed by atoms with Gasteiger partial charge in [-0.05, 0) is 90.7 Å². The van der Waals surface area contributed by atoms with Crippen LogP contribution in [0.4, 0.5) is 18.9 Å². The zero-order chi connectivity index (χ0) is 33.0. The van der Waals surface area contributed by atoms with Gasteiger partial charge in [-0.3, -0.25) is 9.69 Å². The van der Waals surface area contributed by atoms with Crippen molar-refractivity contribution in [3.05, 3.63) is 125 Å². The van der Waals surface area contributed by atoms with Gasteiger partial charge < -0.3 is 19.3 Å². The Hall–Kier alpha value is -4.50. The molecule has 0 unspecified atom stereocenters. The van der Waals surface area contributed by atoms with E-state index in [4.69, 9.17) is 9.47 Å². The summed E-state index contributed by atoms with van der Waals surface area (Å²) < 4.78 is 50.4. The molecule has 2 aliphatic heterocycles. The van der Waals surface area contributed by atoms with Gasteiger partial charge in [-0.25, -0.2) is 0 Å². The second kappa shape index (κ2) is 13.7. The Kier molecular flexibility index (Phi) is 9.45. The van der Waals surface area contributed by atoms with E-state index in [1.54, 1.807) is 25.2 Å². The summed E-state index contributed by atoms with van der Waals surface area (Å²) in [6.07, 6.45) is -2.32. The number of piperidine rings is 1. The molecule has 2 saturated heterocycles. The van der Waals surface area contributed by atoms with Gasteiger partial charge in [0.25, 0.3) is 5.91 Å². The van der Waals surface area contributed by atoms with Crippen LogP contribution in [0.15, 0.2) is 97.1 Å². The SMILES string of the molecule is COc1ccc(C2(c3ccc(OC)cc3)CCCN(Cc3ccc(C(=O)N4CCN(c5cccc(C(F)(F)F)c5)CC4)cc3)C2)cc1. The molecule has 4 aromatic carbocycles. The summed E-state index contributed by atoms with van der Waals surface area (Å²) in [6.45, 7) is 4.44. The van der Waals surface area contributed by atoms with E-state index in [1.165, 1.54) is 23.3 Å². The second-order valence-corrected chi connectivity index (χ2v) is 12.4. The number of halogens is 3. The lowest BCUT2D eigenvalue weighted by Crippen LogP contribution is -2.48. The molecule has 6 rings (SSSR count). The minimum Gasteiger partial charge on any atom is -0.497 e. The van der Waals surface area contributed by atoms with Gasteiger partial charge in [0, 0.05) is 55.9 Å². The molecule has 4 aromatic rings. The normalized spacial score (nSPS) is 17.0. The molecule has 6 nitrogen and oxygen atoms in total. The average Bonchev–Trinajstić information content (AvgIpc) is 3.11. The zero-order valence-corrected chi connectivity index (χ0v) is 26.8. The maximum absolute atomic E-state index is 13.4. The van der Waals surface area contributed by atoms with Crippen LogP contribution in [-0.2, 0) is 18.1 Å². The van der Waals surface area contributed by atoms with E-state index in [9.17, 15) is 18.0 Å². The Morgan fingerprint density at radius 3 is 1.91 bits per heavy atom. The quantitative estimate of drug-likeness (QED) is 0.202. The van der Waals surface area contributed by atoms with E-state index in [0.717, 1.165) is 55.6 Å². The molecule has 0 radical (unpaired) electrons. The maximum atomic E-state index is 13.4. The summed E-state index contributed by atoms with van der Waals surface area (Å²) in [7, 11) is 3.36. The number of anilines is 1. The topological polar surface area (TPSA) is 45.3 Å². The van der Waals surface area contributed by atoms with E-state index < -0.39 is 11.7 Å². The van der Waals surface area contributed by atoms with E-state index >= 15 is 0 Å². The van der Waals surface area contributed by atoms with Crippen LogP contribution in [0.1, 0.15) is 45.5 Å².